The molecule has 0 aromatic heterocycles. The van der Waals surface area contributed by atoms with Gasteiger partial charge in [0, 0.05) is 18.8 Å². The molecule has 2 rings (SSSR count). The van der Waals surface area contributed by atoms with Crippen LogP contribution in [0.1, 0.15) is 44.6 Å². The van der Waals surface area contributed by atoms with E-state index in [1.807, 2.05) is 29.2 Å². The summed E-state index contributed by atoms with van der Waals surface area (Å²) in [6.07, 6.45) is 3.42. The number of likely N-dealkylation sites (tertiary alicyclic amines) is 1. The van der Waals surface area contributed by atoms with Crippen LogP contribution < -0.4 is 5.32 Å². The van der Waals surface area contributed by atoms with Crippen molar-refractivity contribution in [3.05, 3.63) is 29.8 Å². The van der Waals surface area contributed by atoms with Crippen molar-refractivity contribution < 1.29 is 9.59 Å². The van der Waals surface area contributed by atoms with Gasteiger partial charge in [-0.05, 0) is 42.9 Å². The summed E-state index contributed by atoms with van der Waals surface area (Å²) in [7, 11) is 0. The van der Waals surface area contributed by atoms with Crippen molar-refractivity contribution in [3.63, 3.8) is 0 Å². The zero-order chi connectivity index (χ0) is 16.7. The predicted octanol–water partition coefficient (Wildman–Crippen LogP) is 3.49. The molecule has 0 aliphatic carbocycles. The molecule has 2 amide bonds. The molecule has 0 bridgehead atoms. The average Bonchev–Trinajstić information content (AvgIpc) is 2.56. The number of anilines is 1. The number of carbonyl (C=O) groups excluding carboxylic acids is 2. The molecule has 126 valence electrons. The monoisotopic (exact) mass is 334 g/mol. The number of carbonyl (C=O) groups is 2. The number of nitrogens with zero attached hydrogens (tertiary/aromatic N) is 1. The number of benzene rings is 1. The summed E-state index contributed by atoms with van der Waals surface area (Å²) < 4.78 is 0. The molecule has 23 heavy (non-hydrogen) atoms. The van der Waals surface area contributed by atoms with E-state index in [4.69, 9.17) is 0 Å². The summed E-state index contributed by atoms with van der Waals surface area (Å²) in [6, 6.07) is 7.92. The minimum absolute atomic E-state index is 0.0567. The maximum absolute atomic E-state index is 12.0. The van der Waals surface area contributed by atoms with Gasteiger partial charge in [-0.2, -0.15) is 0 Å². The minimum Gasteiger partial charge on any atom is -0.342 e. The fourth-order valence-electron chi connectivity index (χ4n) is 2.61. The zero-order valence-corrected chi connectivity index (χ0v) is 14.8. The number of nitrogens with one attached hydrogen (secondary N) is 1. The second kappa shape index (κ2) is 8.96. The summed E-state index contributed by atoms with van der Waals surface area (Å²) >= 11 is 1.39. The van der Waals surface area contributed by atoms with E-state index in [-0.39, 0.29) is 11.8 Å². The van der Waals surface area contributed by atoms with E-state index in [1.165, 1.54) is 23.7 Å². The van der Waals surface area contributed by atoms with E-state index in [0.717, 1.165) is 31.6 Å². The van der Waals surface area contributed by atoms with Crippen LogP contribution in [0.4, 0.5) is 5.69 Å². The van der Waals surface area contributed by atoms with E-state index in [1.54, 1.807) is 0 Å². The third-order valence-electron chi connectivity index (χ3n) is 4.03. The number of piperidine rings is 1. The molecule has 4 nitrogen and oxygen atoms in total. The maximum Gasteiger partial charge on any atom is 0.234 e. The van der Waals surface area contributed by atoms with Gasteiger partial charge in [0.15, 0.2) is 0 Å². The molecule has 0 atom stereocenters. The van der Waals surface area contributed by atoms with Crippen molar-refractivity contribution in [2.75, 3.05) is 29.9 Å². The second-order valence-corrected chi connectivity index (χ2v) is 7.24. The number of amides is 2. The molecular formula is C18H26N2O2S. The van der Waals surface area contributed by atoms with Crippen LogP contribution in [0.25, 0.3) is 0 Å². The Morgan fingerprint density at radius 2 is 1.74 bits per heavy atom. The predicted molar refractivity (Wildman–Crippen MR) is 96.9 cm³/mol. The molecule has 0 radical (unpaired) electrons. The van der Waals surface area contributed by atoms with E-state index in [0.29, 0.717) is 17.4 Å². The molecule has 1 N–H and O–H groups in total. The van der Waals surface area contributed by atoms with Gasteiger partial charge >= 0.3 is 0 Å². The van der Waals surface area contributed by atoms with Crippen molar-refractivity contribution in [2.45, 2.75) is 39.0 Å². The first-order chi connectivity index (χ1) is 11.1. The molecule has 1 saturated heterocycles. The van der Waals surface area contributed by atoms with Crippen LogP contribution in [-0.2, 0) is 9.59 Å². The lowest BCUT2D eigenvalue weighted by molar-refractivity contribution is -0.129. The van der Waals surface area contributed by atoms with Crippen LogP contribution in [0.2, 0.25) is 0 Å². The second-order valence-electron chi connectivity index (χ2n) is 6.26. The summed E-state index contributed by atoms with van der Waals surface area (Å²) in [5, 5.41) is 2.88. The molecule has 1 aliphatic rings. The van der Waals surface area contributed by atoms with Gasteiger partial charge in [0.1, 0.15) is 0 Å². The smallest absolute Gasteiger partial charge is 0.234 e. The first-order valence-electron chi connectivity index (χ1n) is 8.31. The van der Waals surface area contributed by atoms with Gasteiger partial charge in [-0.3, -0.25) is 9.59 Å². The fourth-order valence-corrected chi connectivity index (χ4v) is 3.33. The molecule has 0 saturated carbocycles. The van der Waals surface area contributed by atoms with Gasteiger partial charge < -0.3 is 10.2 Å². The Balaban J connectivity index is 1.69. The third-order valence-corrected chi connectivity index (χ3v) is 4.95. The average molecular weight is 334 g/mol. The Kier molecular flexibility index (Phi) is 6.96. The quantitative estimate of drug-likeness (QED) is 0.866. The number of hydrogen-bond donors (Lipinski definition) is 1. The molecule has 1 aromatic rings. The Labute approximate surface area is 143 Å². The van der Waals surface area contributed by atoms with Crippen molar-refractivity contribution in [2.24, 2.45) is 0 Å². The number of rotatable bonds is 6. The van der Waals surface area contributed by atoms with E-state index < -0.39 is 0 Å². The van der Waals surface area contributed by atoms with Crippen LogP contribution in [0.5, 0.6) is 0 Å². The van der Waals surface area contributed by atoms with Crippen LogP contribution >= 0.6 is 11.8 Å². The Morgan fingerprint density at radius 1 is 1.09 bits per heavy atom. The van der Waals surface area contributed by atoms with Crippen molar-refractivity contribution in [1.82, 2.24) is 4.90 Å². The highest BCUT2D eigenvalue weighted by Crippen LogP contribution is 2.17. The summed E-state index contributed by atoms with van der Waals surface area (Å²) in [5.41, 5.74) is 2.06. The molecule has 0 spiro atoms. The van der Waals surface area contributed by atoms with Gasteiger partial charge in [-0.15, -0.1) is 11.8 Å². The summed E-state index contributed by atoms with van der Waals surface area (Å²) in [5.74, 6) is 1.28. The van der Waals surface area contributed by atoms with E-state index >= 15 is 0 Å². The Bertz CT molecular complexity index is 522. The molecular weight excluding hydrogens is 308 g/mol. The molecule has 0 unspecified atom stereocenters. The van der Waals surface area contributed by atoms with Crippen LogP contribution in [0.3, 0.4) is 0 Å². The first kappa shape index (κ1) is 17.9. The van der Waals surface area contributed by atoms with Crippen LogP contribution in [0, 0.1) is 0 Å². The van der Waals surface area contributed by atoms with Crippen molar-refractivity contribution in [3.8, 4) is 0 Å². The lowest BCUT2D eigenvalue weighted by Crippen LogP contribution is -2.37. The highest BCUT2D eigenvalue weighted by atomic mass is 32.2. The van der Waals surface area contributed by atoms with Gasteiger partial charge in [0.25, 0.3) is 0 Å². The summed E-state index contributed by atoms with van der Waals surface area (Å²) in [4.78, 5) is 25.9. The van der Waals surface area contributed by atoms with E-state index in [9.17, 15) is 9.59 Å². The minimum atomic E-state index is -0.0567. The van der Waals surface area contributed by atoms with Gasteiger partial charge in [-0.1, -0.05) is 26.0 Å². The van der Waals surface area contributed by atoms with Crippen LogP contribution in [-0.4, -0.2) is 41.3 Å². The SMILES string of the molecule is CC(C)c1ccc(NC(=O)CSCC(=O)N2CCCCC2)cc1. The lowest BCUT2D eigenvalue weighted by Gasteiger charge is -2.26. The largest absolute Gasteiger partial charge is 0.342 e. The lowest BCUT2D eigenvalue weighted by atomic mass is 10.0. The van der Waals surface area contributed by atoms with Gasteiger partial charge in [0.05, 0.1) is 11.5 Å². The number of hydrogen-bond acceptors (Lipinski definition) is 3. The highest BCUT2D eigenvalue weighted by Gasteiger charge is 2.16. The fraction of sp³-hybridized carbons (Fsp3) is 0.556. The van der Waals surface area contributed by atoms with E-state index in [2.05, 4.69) is 19.2 Å². The topological polar surface area (TPSA) is 49.4 Å². The molecule has 5 heteroatoms. The Hall–Kier alpha value is -1.49. The van der Waals surface area contributed by atoms with Crippen molar-refractivity contribution in [1.29, 1.82) is 0 Å². The molecule has 1 aliphatic heterocycles. The van der Waals surface area contributed by atoms with Gasteiger partial charge in [-0.25, -0.2) is 0 Å². The Morgan fingerprint density at radius 3 is 2.35 bits per heavy atom. The number of thioether (sulfide) groups is 1. The highest BCUT2D eigenvalue weighted by molar-refractivity contribution is 8.00. The first-order valence-corrected chi connectivity index (χ1v) is 9.47. The summed E-state index contributed by atoms with van der Waals surface area (Å²) in [6.45, 7) is 6.02. The maximum atomic E-state index is 12.0. The normalized spacial score (nSPS) is 14.8. The van der Waals surface area contributed by atoms with Gasteiger partial charge in [0.2, 0.25) is 11.8 Å². The standard InChI is InChI=1S/C18H26N2O2S/c1-14(2)15-6-8-16(9-7-15)19-17(21)12-23-13-18(22)20-10-4-3-5-11-20/h6-9,14H,3-5,10-13H2,1-2H3,(H,19,21). The third kappa shape index (κ3) is 5.90. The molecule has 1 aromatic carbocycles. The van der Waals surface area contributed by atoms with Crippen molar-refractivity contribution >= 4 is 29.3 Å². The zero-order valence-electron chi connectivity index (χ0n) is 14.0. The van der Waals surface area contributed by atoms with Crippen LogP contribution in [0.15, 0.2) is 24.3 Å². The molecule has 1 fully saturated rings. The molecule has 1 heterocycles.